The van der Waals surface area contributed by atoms with Crippen molar-refractivity contribution in [3.05, 3.63) is 42.5 Å². The summed E-state index contributed by atoms with van der Waals surface area (Å²) in [4.78, 5) is 15.0. The van der Waals surface area contributed by atoms with Gasteiger partial charge in [0.1, 0.15) is 0 Å². The third-order valence-corrected chi connectivity index (χ3v) is 7.26. The number of nitrogens with one attached hydrogen (secondary N) is 3. The molecule has 32 heavy (non-hydrogen) atoms. The molecule has 1 fully saturated rings. The number of carbonyl (C=O) groups is 1. The Balaban J connectivity index is 1.64. The minimum atomic E-state index is -3.57. The molecular formula is C23H33N5O3S. The molecule has 3 N–H and O–H groups in total. The van der Waals surface area contributed by atoms with Crippen molar-refractivity contribution in [2.24, 2.45) is 0 Å². The summed E-state index contributed by atoms with van der Waals surface area (Å²) in [5, 5.41) is 9.14. The normalized spacial score (nSPS) is 14.3. The maximum atomic E-state index is 12.5. The molecule has 1 amide bonds. The smallest absolute Gasteiger partial charge is 0.243 e. The van der Waals surface area contributed by atoms with Crippen molar-refractivity contribution < 1.29 is 13.2 Å². The number of sulfonamides is 1. The number of anilines is 4. The number of benzene rings is 2. The standard InChI is InChI=1S/C23H33N5O3S/c1-4-24-21-13-12-20(32(30,31)27(2)3)16-22(21)25-17-23(29)26-18-8-10-19(11-9-18)28-14-6-5-7-15-28/h8-13,16,24-25H,4-7,14-15,17H2,1-3H3,(H,26,29). The number of amides is 1. The van der Waals surface area contributed by atoms with Crippen LogP contribution in [-0.2, 0) is 14.8 Å². The van der Waals surface area contributed by atoms with Crippen molar-refractivity contribution in [1.82, 2.24) is 4.31 Å². The maximum Gasteiger partial charge on any atom is 0.243 e. The SMILES string of the molecule is CCNc1ccc(S(=O)(=O)N(C)C)cc1NCC(=O)Nc1ccc(N2CCCCC2)cc1. The first kappa shape index (κ1) is 23.9. The van der Waals surface area contributed by atoms with Gasteiger partial charge in [0.2, 0.25) is 15.9 Å². The second kappa shape index (κ2) is 10.7. The van der Waals surface area contributed by atoms with Gasteiger partial charge >= 0.3 is 0 Å². The van der Waals surface area contributed by atoms with Crippen molar-refractivity contribution >= 4 is 38.7 Å². The summed E-state index contributed by atoms with van der Waals surface area (Å²) in [7, 11) is -0.589. The molecule has 2 aromatic carbocycles. The Morgan fingerprint density at radius 1 is 0.969 bits per heavy atom. The summed E-state index contributed by atoms with van der Waals surface area (Å²) in [6.07, 6.45) is 3.73. The number of carbonyl (C=O) groups excluding carboxylic acids is 1. The highest BCUT2D eigenvalue weighted by molar-refractivity contribution is 7.89. The topological polar surface area (TPSA) is 93.8 Å². The van der Waals surface area contributed by atoms with Crippen LogP contribution in [0.25, 0.3) is 0 Å². The number of hydrogen-bond donors (Lipinski definition) is 3. The van der Waals surface area contributed by atoms with Crippen LogP contribution in [0, 0.1) is 0 Å². The van der Waals surface area contributed by atoms with Gasteiger partial charge in [-0.2, -0.15) is 0 Å². The Kier molecular flexibility index (Phi) is 7.98. The molecule has 2 aromatic rings. The van der Waals surface area contributed by atoms with Crippen LogP contribution in [0.15, 0.2) is 47.4 Å². The molecule has 9 heteroatoms. The second-order valence-electron chi connectivity index (χ2n) is 8.02. The van der Waals surface area contributed by atoms with Crippen LogP contribution in [0.2, 0.25) is 0 Å². The number of rotatable bonds is 9. The first-order valence-corrected chi connectivity index (χ1v) is 12.4. The predicted octanol–water partition coefficient (Wildman–Crippen LogP) is 3.41. The monoisotopic (exact) mass is 459 g/mol. The van der Waals surface area contributed by atoms with Crippen molar-refractivity contribution in [2.75, 3.05) is 61.1 Å². The Labute approximate surface area is 191 Å². The fraction of sp³-hybridized carbons (Fsp3) is 0.435. The Morgan fingerprint density at radius 2 is 1.66 bits per heavy atom. The van der Waals surface area contributed by atoms with E-state index < -0.39 is 10.0 Å². The van der Waals surface area contributed by atoms with Gasteiger partial charge in [0, 0.05) is 45.1 Å². The Hall–Kier alpha value is -2.78. The first-order chi connectivity index (χ1) is 15.3. The van der Waals surface area contributed by atoms with Crippen molar-refractivity contribution in [1.29, 1.82) is 0 Å². The lowest BCUT2D eigenvalue weighted by atomic mass is 10.1. The van der Waals surface area contributed by atoms with Crippen molar-refractivity contribution in [3.8, 4) is 0 Å². The van der Waals surface area contributed by atoms with Gasteiger partial charge in [0.25, 0.3) is 0 Å². The lowest BCUT2D eigenvalue weighted by Gasteiger charge is -2.28. The molecule has 0 radical (unpaired) electrons. The van der Waals surface area contributed by atoms with Gasteiger partial charge in [-0.3, -0.25) is 4.79 Å². The molecule has 3 rings (SSSR count). The van der Waals surface area contributed by atoms with Gasteiger partial charge in [-0.1, -0.05) is 0 Å². The first-order valence-electron chi connectivity index (χ1n) is 11.0. The number of piperidine rings is 1. The third kappa shape index (κ3) is 5.92. The van der Waals surface area contributed by atoms with E-state index in [9.17, 15) is 13.2 Å². The second-order valence-corrected chi connectivity index (χ2v) is 10.2. The van der Waals surface area contributed by atoms with Crippen molar-refractivity contribution in [3.63, 3.8) is 0 Å². The fourth-order valence-electron chi connectivity index (χ4n) is 3.67. The summed E-state index contributed by atoms with van der Waals surface area (Å²) in [5.41, 5.74) is 3.21. The largest absolute Gasteiger partial charge is 0.384 e. The van der Waals surface area contributed by atoms with Gasteiger partial charge in [-0.25, -0.2) is 12.7 Å². The quantitative estimate of drug-likeness (QED) is 0.532. The average molecular weight is 460 g/mol. The Morgan fingerprint density at radius 3 is 2.28 bits per heavy atom. The Bertz CT molecular complexity index is 1020. The predicted molar refractivity (Wildman–Crippen MR) is 131 cm³/mol. The van der Waals surface area contributed by atoms with E-state index in [4.69, 9.17) is 0 Å². The molecule has 0 atom stereocenters. The van der Waals surface area contributed by atoms with Crippen LogP contribution >= 0.6 is 0 Å². The van der Waals surface area contributed by atoms with Crippen LogP contribution in [0.1, 0.15) is 26.2 Å². The highest BCUT2D eigenvalue weighted by Crippen LogP contribution is 2.27. The molecular weight excluding hydrogens is 426 g/mol. The van der Waals surface area contributed by atoms with E-state index in [1.54, 1.807) is 18.2 Å². The molecule has 0 spiro atoms. The highest BCUT2D eigenvalue weighted by Gasteiger charge is 2.19. The molecule has 1 heterocycles. The van der Waals surface area contributed by atoms with Gasteiger partial charge in [-0.15, -0.1) is 0 Å². The zero-order valence-corrected chi connectivity index (χ0v) is 19.8. The lowest BCUT2D eigenvalue weighted by molar-refractivity contribution is -0.114. The summed E-state index contributed by atoms with van der Waals surface area (Å²) >= 11 is 0. The molecule has 0 unspecified atom stereocenters. The van der Waals surface area contributed by atoms with E-state index in [0.29, 0.717) is 12.2 Å². The van der Waals surface area contributed by atoms with E-state index in [1.165, 1.54) is 43.4 Å². The summed E-state index contributed by atoms with van der Waals surface area (Å²) < 4.78 is 26.1. The van der Waals surface area contributed by atoms with Crippen LogP contribution in [0.5, 0.6) is 0 Å². The van der Waals surface area contributed by atoms with Gasteiger partial charge in [-0.05, 0) is 68.7 Å². The summed E-state index contributed by atoms with van der Waals surface area (Å²) in [5.74, 6) is -0.209. The van der Waals surface area contributed by atoms with E-state index in [1.807, 2.05) is 31.2 Å². The van der Waals surface area contributed by atoms with Crippen LogP contribution in [0.4, 0.5) is 22.7 Å². The van der Waals surface area contributed by atoms with E-state index in [0.717, 1.165) is 24.5 Å². The summed E-state index contributed by atoms with van der Waals surface area (Å²) in [6, 6.07) is 12.7. The lowest BCUT2D eigenvalue weighted by Crippen LogP contribution is -2.29. The van der Waals surface area contributed by atoms with E-state index >= 15 is 0 Å². The van der Waals surface area contributed by atoms with E-state index in [-0.39, 0.29) is 17.3 Å². The van der Waals surface area contributed by atoms with Crippen LogP contribution in [0.3, 0.4) is 0 Å². The molecule has 174 valence electrons. The minimum absolute atomic E-state index is 0.0116. The highest BCUT2D eigenvalue weighted by atomic mass is 32.2. The fourth-order valence-corrected chi connectivity index (χ4v) is 4.60. The van der Waals surface area contributed by atoms with Gasteiger partial charge in [0.05, 0.1) is 22.8 Å². The third-order valence-electron chi connectivity index (χ3n) is 5.45. The molecule has 0 aromatic heterocycles. The van der Waals surface area contributed by atoms with Crippen LogP contribution < -0.4 is 20.9 Å². The maximum absolute atomic E-state index is 12.5. The number of nitrogens with zero attached hydrogens (tertiary/aromatic N) is 2. The zero-order chi connectivity index (χ0) is 23.1. The van der Waals surface area contributed by atoms with Crippen molar-refractivity contribution in [2.45, 2.75) is 31.1 Å². The van der Waals surface area contributed by atoms with Gasteiger partial charge < -0.3 is 20.9 Å². The van der Waals surface area contributed by atoms with Gasteiger partial charge in [0.15, 0.2) is 0 Å². The molecule has 0 saturated carbocycles. The molecule has 0 aliphatic carbocycles. The number of hydrogen-bond acceptors (Lipinski definition) is 6. The molecule has 1 saturated heterocycles. The average Bonchev–Trinajstić information content (AvgIpc) is 2.79. The molecule has 0 bridgehead atoms. The molecule has 8 nitrogen and oxygen atoms in total. The molecule has 1 aliphatic rings. The summed E-state index contributed by atoms with van der Waals surface area (Å²) in [6.45, 7) is 4.79. The van der Waals surface area contributed by atoms with E-state index in [2.05, 4.69) is 20.9 Å². The van der Waals surface area contributed by atoms with Crippen LogP contribution in [-0.4, -0.2) is 58.9 Å². The minimum Gasteiger partial charge on any atom is -0.384 e. The molecule has 1 aliphatic heterocycles. The zero-order valence-electron chi connectivity index (χ0n) is 19.0.